The lowest BCUT2D eigenvalue weighted by Crippen LogP contribution is -2.56. The minimum atomic E-state index is -4.39. The summed E-state index contributed by atoms with van der Waals surface area (Å²) in [5.74, 6) is -0.470. The monoisotopic (exact) mass is 364 g/mol. The minimum absolute atomic E-state index is 0. The summed E-state index contributed by atoms with van der Waals surface area (Å²) in [4.78, 5) is 13.2. The van der Waals surface area contributed by atoms with E-state index in [1.165, 1.54) is 5.56 Å². The summed E-state index contributed by atoms with van der Waals surface area (Å²) < 4.78 is 39.3. The van der Waals surface area contributed by atoms with Crippen molar-refractivity contribution < 1.29 is 18.0 Å². The molecule has 2 atom stereocenters. The zero-order chi connectivity index (χ0) is 17.0. The molecule has 0 aliphatic carbocycles. The SMILES string of the molecule is CCc1ccc(CCC(=O)N2CC(N)CCC2C(F)(F)F)cc1.Cl. The molecule has 0 radical (unpaired) electrons. The number of aryl methyl sites for hydroxylation is 2. The zero-order valence-corrected chi connectivity index (χ0v) is 14.5. The number of hydrogen-bond donors (Lipinski definition) is 1. The van der Waals surface area contributed by atoms with Gasteiger partial charge in [0, 0.05) is 19.0 Å². The molecule has 2 unspecified atom stereocenters. The molecule has 1 heterocycles. The maximum atomic E-state index is 13.1. The van der Waals surface area contributed by atoms with E-state index in [0.717, 1.165) is 16.9 Å². The fraction of sp³-hybridized carbons (Fsp3) is 0.588. The Labute approximate surface area is 146 Å². The second kappa shape index (κ2) is 8.72. The number of hydrogen-bond acceptors (Lipinski definition) is 2. The molecule has 2 N–H and O–H groups in total. The van der Waals surface area contributed by atoms with Gasteiger partial charge in [0.2, 0.25) is 5.91 Å². The van der Waals surface area contributed by atoms with Gasteiger partial charge in [0.1, 0.15) is 6.04 Å². The first-order chi connectivity index (χ1) is 10.8. The van der Waals surface area contributed by atoms with Crippen LogP contribution in [0.2, 0.25) is 0 Å². The first kappa shape index (κ1) is 20.8. The topological polar surface area (TPSA) is 46.3 Å². The van der Waals surface area contributed by atoms with Crippen molar-refractivity contribution in [3.63, 3.8) is 0 Å². The molecule has 1 aromatic rings. The number of nitrogens with two attached hydrogens (primary N) is 1. The van der Waals surface area contributed by atoms with Crippen molar-refractivity contribution in [3.05, 3.63) is 35.4 Å². The Bertz CT molecular complexity index is 534. The van der Waals surface area contributed by atoms with Crippen LogP contribution < -0.4 is 5.73 Å². The van der Waals surface area contributed by atoms with Crippen molar-refractivity contribution in [2.24, 2.45) is 5.73 Å². The molecule has 1 saturated heterocycles. The van der Waals surface area contributed by atoms with Crippen molar-refractivity contribution in [1.29, 1.82) is 0 Å². The predicted octanol–water partition coefficient (Wildman–Crippen LogP) is 3.48. The predicted molar refractivity (Wildman–Crippen MR) is 90.2 cm³/mol. The normalized spacial score (nSPS) is 21.3. The van der Waals surface area contributed by atoms with Gasteiger partial charge in [-0.25, -0.2) is 0 Å². The number of amides is 1. The molecule has 136 valence electrons. The van der Waals surface area contributed by atoms with Crippen molar-refractivity contribution in [2.75, 3.05) is 6.54 Å². The van der Waals surface area contributed by atoms with Crippen LogP contribution in [0.25, 0.3) is 0 Å². The van der Waals surface area contributed by atoms with Crippen LogP contribution in [0.15, 0.2) is 24.3 Å². The van der Waals surface area contributed by atoms with Gasteiger partial charge < -0.3 is 10.6 Å². The fourth-order valence-corrected chi connectivity index (χ4v) is 2.95. The van der Waals surface area contributed by atoms with Gasteiger partial charge in [0.15, 0.2) is 0 Å². The second-order valence-electron chi connectivity index (χ2n) is 6.11. The molecule has 0 spiro atoms. The largest absolute Gasteiger partial charge is 0.408 e. The maximum Gasteiger partial charge on any atom is 0.408 e. The molecular formula is C17H24ClF3N2O. The summed E-state index contributed by atoms with van der Waals surface area (Å²) in [6.45, 7) is 2.03. The van der Waals surface area contributed by atoms with Crippen LogP contribution in [0.3, 0.4) is 0 Å². The van der Waals surface area contributed by atoms with Crippen LogP contribution in [0.1, 0.15) is 37.3 Å². The van der Waals surface area contributed by atoms with E-state index in [9.17, 15) is 18.0 Å². The molecule has 1 fully saturated rings. The number of carbonyl (C=O) groups is 1. The molecule has 1 amide bonds. The summed E-state index contributed by atoms with van der Waals surface area (Å²) in [6.07, 6.45) is -2.76. The molecule has 24 heavy (non-hydrogen) atoms. The molecule has 0 bridgehead atoms. The standard InChI is InChI=1S/C17H23F3N2O.ClH/c1-2-12-3-5-13(6-4-12)7-10-16(23)22-11-14(21)8-9-15(22)17(18,19)20;/h3-6,14-15H,2,7-11,21H2,1H3;1H. The van der Waals surface area contributed by atoms with E-state index >= 15 is 0 Å². The number of piperidine rings is 1. The van der Waals surface area contributed by atoms with Gasteiger partial charge in [0.25, 0.3) is 0 Å². The highest BCUT2D eigenvalue weighted by Gasteiger charge is 2.47. The second-order valence-corrected chi connectivity index (χ2v) is 6.11. The first-order valence-electron chi connectivity index (χ1n) is 8.00. The van der Waals surface area contributed by atoms with E-state index in [1.807, 2.05) is 24.3 Å². The van der Waals surface area contributed by atoms with Crippen LogP contribution in [-0.2, 0) is 17.6 Å². The molecule has 3 nitrogen and oxygen atoms in total. The summed E-state index contributed by atoms with van der Waals surface area (Å²) in [6, 6.07) is 5.74. The number of rotatable bonds is 4. The average molecular weight is 365 g/mol. The van der Waals surface area contributed by atoms with Gasteiger partial charge in [-0.2, -0.15) is 13.2 Å². The van der Waals surface area contributed by atoms with E-state index in [-0.39, 0.29) is 37.8 Å². The molecule has 0 aromatic heterocycles. The molecule has 2 rings (SSSR count). The van der Waals surface area contributed by atoms with Gasteiger partial charge in [-0.1, -0.05) is 31.2 Å². The van der Waals surface area contributed by atoms with Gasteiger partial charge in [-0.15, -0.1) is 12.4 Å². The van der Waals surface area contributed by atoms with Crippen LogP contribution >= 0.6 is 12.4 Å². The van der Waals surface area contributed by atoms with E-state index in [2.05, 4.69) is 6.92 Å². The number of halogens is 4. The van der Waals surface area contributed by atoms with Crippen molar-refractivity contribution in [2.45, 2.75) is 57.3 Å². The summed E-state index contributed by atoms with van der Waals surface area (Å²) >= 11 is 0. The first-order valence-corrected chi connectivity index (χ1v) is 8.00. The van der Waals surface area contributed by atoms with E-state index in [1.54, 1.807) is 0 Å². The van der Waals surface area contributed by atoms with Gasteiger partial charge in [-0.3, -0.25) is 4.79 Å². The molecule has 1 aliphatic rings. The highest BCUT2D eigenvalue weighted by molar-refractivity contribution is 5.85. The molecule has 7 heteroatoms. The van der Waals surface area contributed by atoms with E-state index in [4.69, 9.17) is 5.73 Å². The fourth-order valence-electron chi connectivity index (χ4n) is 2.95. The number of carbonyl (C=O) groups excluding carboxylic acids is 1. The minimum Gasteiger partial charge on any atom is -0.329 e. The maximum absolute atomic E-state index is 13.1. The lowest BCUT2D eigenvalue weighted by molar-refractivity contribution is -0.196. The number of alkyl halides is 3. The summed E-state index contributed by atoms with van der Waals surface area (Å²) in [7, 11) is 0. The van der Waals surface area contributed by atoms with E-state index < -0.39 is 18.1 Å². The Morgan fingerprint density at radius 2 is 1.79 bits per heavy atom. The summed E-state index contributed by atoms with van der Waals surface area (Å²) in [5.41, 5.74) is 7.90. The highest BCUT2D eigenvalue weighted by atomic mass is 35.5. The zero-order valence-electron chi connectivity index (χ0n) is 13.7. The Morgan fingerprint density at radius 3 is 2.33 bits per heavy atom. The third-order valence-corrected chi connectivity index (χ3v) is 4.38. The van der Waals surface area contributed by atoms with Crippen molar-refractivity contribution in [1.82, 2.24) is 4.90 Å². The summed E-state index contributed by atoms with van der Waals surface area (Å²) in [5, 5.41) is 0. The third kappa shape index (κ3) is 5.38. The quantitative estimate of drug-likeness (QED) is 0.889. The van der Waals surface area contributed by atoms with Crippen LogP contribution in [0.4, 0.5) is 13.2 Å². The molecule has 0 saturated carbocycles. The third-order valence-electron chi connectivity index (χ3n) is 4.38. The number of likely N-dealkylation sites (tertiary alicyclic amines) is 1. The molecule has 1 aromatic carbocycles. The average Bonchev–Trinajstić information content (AvgIpc) is 2.51. The Morgan fingerprint density at radius 1 is 1.21 bits per heavy atom. The Kier molecular flexibility index (Phi) is 7.55. The highest BCUT2D eigenvalue weighted by Crippen LogP contribution is 2.32. The van der Waals surface area contributed by atoms with Crippen molar-refractivity contribution >= 4 is 18.3 Å². The van der Waals surface area contributed by atoms with E-state index in [0.29, 0.717) is 12.8 Å². The molecular weight excluding hydrogens is 341 g/mol. The smallest absolute Gasteiger partial charge is 0.329 e. The lowest BCUT2D eigenvalue weighted by Gasteiger charge is -2.39. The molecule has 1 aliphatic heterocycles. The Balaban J connectivity index is 0.00000288. The lowest BCUT2D eigenvalue weighted by atomic mass is 9.97. The Hall–Kier alpha value is -1.27. The van der Waals surface area contributed by atoms with Crippen LogP contribution in [0, 0.1) is 0 Å². The van der Waals surface area contributed by atoms with Crippen LogP contribution in [-0.4, -0.2) is 35.6 Å². The van der Waals surface area contributed by atoms with Crippen molar-refractivity contribution in [3.8, 4) is 0 Å². The van der Waals surface area contributed by atoms with Gasteiger partial charge >= 0.3 is 6.18 Å². The van der Waals surface area contributed by atoms with Gasteiger partial charge in [-0.05, 0) is 36.8 Å². The number of benzene rings is 1. The van der Waals surface area contributed by atoms with Gasteiger partial charge in [0.05, 0.1) is 0 Å². The van der Waals surface area contributed by atoms with Crippen LogP contribution in [0.5, 0.6) is 0 Å². The number of nitrogens with zero attached hydrogens (tertiary/aromatic N) is 1.